The van der Waals surface area contributed by atoms with Crippen LogP contribution in [0.2, 0.25) is 0 Å². The van der Waals surface area contributed by atoms with Gasteiger partial charge >= 0.3 is 5.97 Å². The Kier molecular flexibility index (Phi) is 3.88. The molecule has 0 radical (unpaired) electrons. The second-order valence-electron chi connectivity index (χ2n) is 3.41. The zero-order valence-electron chi connectivity index (χ0n) is 8.99. The van der Waals surface area contributed by atoms with Crippen LogP contribution >= 0.6 is 0 Å². The van der Waals surface area contributed by atoms with Gasteiger partial charge in [0.05, 0.1) is 11.3 Å². The summed E-state index contributed by atoms with van der Waals surface area (Å²) in [6.07, 6.45) is 1.08. The standard InChI is InChI=1S/C11H14N2O3/c1-2-3-10(14)13-9-5-4-7(12)6-8(9)11(15)16/h4-6H,2-3,12H2,1H3,(H,13,14)(H,15,16). The van der Waals surface area contributed by atoms with Gasteiger partial charge in [0.2, 0.25) is 5.91 Å². The quantitative estimate of drug-likeness (QED) is 0.676. The van der Waals surface area contributed by atoms with Gasteiger partial charge in [-0.1, -0.05) is 6.92 Å². The van der Waals surface area contributed by atoms with Crippen LogP contribution in [-0.4, -0.2) is 17.0 Å². The van der Waals surface area contributed by atoms with Gasteiger partial charge in [0.1, 0.15) is 0 Å². The summed E-state index contributed by atoms with van der Waals surface area (Å²) in [6, 6.07) is 4.37. The van der Waals surface area contributed by atoms with Crippen molar-refractivity contribution in [1.82, 2.24) is 0 Å². The molecule has 5 nitrogen and oxygen atoms in total. The average Bonchev–Trinajstić information content (AvgIpc) is 2.20. The van der Waals surface area contributed by atoms with E-state index in [1.807, 2.05) is 6.92 Å². The fourth-order valence-corrected chi connectivity index (χ4v) is 1.29. The first-order valence-electron chi connectivity index (χ1n) is 4.97. The summed E-state index contributed by atoms with van der Waals surface area (Å²) in [5.74, 6) is -1.31. The Morgan fingerprint density at radius 1 is 1.44 bits per heavy atom. The first kappa shape index (κ1) is 12.0. The van der Waals surface area contributed by atoms with Crippen molar-refractivity contribution < 1.29 is 14.7 Å². The number of carbonyl (C=O) groups is 2. The Morgan fingerprint density at radius 2 is 2.12 bits per heavy atom. The number of carbonyl (C=O) groups excluding carboxylic acids is 1. The first-order chi connectivity index (χ1) is 7.54. The maximum atomic E-state index is 11.3. The number of aromatic carboxylic acids is 1. The third kappa shape index (κ3) is 2.98. The predicted molar refractivity (Wildman–Crippen MR) is 61.4 cm³/mol. The van der Waals surface area contributed by atoms with Gasteiger partial charge < -0.3 is 16.2 Å². The SMILES string of the molecule is CCCC(=O)Nc1ccc(N)cc1C(=O)O. The summed E-state index contributed by atoms with van der Waals surface area (Å²) in [5.41, 5.74) is 6.11. The van der Waals surface area contributed by atoms with E-state index in [9.17, 15) is 9.59 Å². The van der Waals surface area contributed by atoms with Crippen molar-refractivity contribution >= 4 is 23.3 Å². The smallest absolute Gasteiger partial charge is 0.337 e. The Bertz CT molecular complexity index is 416. The highest BCUT2D eigenvalue weighted by molar-refractivity contribution is 6.01. The number of benzene rings is 1. The fourth-order valence-electron chi connectivity index (χ4n) is 1.29. The fraction of sp³-hybridized carbons (Fsp3) is 0.273. The topological polar surface area (TPSA) is 92.4 Å². The van der Waals surface area contributed by atoms with Crippen molar-refractivity contribution in [3.8, 4) is 0 Å². The van der Waals surface area contributed by atoms with Gasteiger partial charge in [-0.2, -0.15) is 0 Å². The molecule has 0 aliphatic rings. The molecule has 1 rings (SSSR count). The normalized spacial score (nSPS) is 9.81. The molecule has 86 valence electrons. The Morgan fingerprint density at radius 3 is 2.69 bits per heavy atom. The Labute approximate surface area is 93.3 Å². The van der Waals surface area contributed by atoms with Crippen LogP contribution < -0.4 is 11.1 Å². The van der Waals surface area contributed by atoms with Crippen LogP contribution in [0.5, 0.6) is 0 Å². The Balaban J connectivity index is 2.95. The van der Waals surface area contributed by atoms with Gasteiger partial charge in [-0.25, -0.2) is 4.79 Å². The molecule has 1 aromatic carbocycles. The molecule has 0 aliphatic carbocycles. The van der Waals surface area contributed by atoms with Crippen molar-refractivity contribution in [3.63, 3.8) is 0 Å². The van der Waals surface area contributed by atoms with Crippen LogP contribution in [0, 0.1) is 0 Å². The van der Waals surface area contributed by atoms with Crippen LogP contribution in [-0.2, 0) is 4.79 Å². The summed E-state index contributed by atoms with van der Waals surface area (Å²) in [7, 11) is 0. The zero-order chi connectivity index (χ0) is 12.1. The molecule has 0 fully saturated rings. The molecule has 0 spiro atoms. The molecular weight excluding hydrogens is 208 g/mol. The summed E-state index contributed by atoms with van der Waals surface area (Å²) in [6.45, 7) is 1.88. The maximum Gasteiger partial charge on any atom is 0.337 e. The van der Waals surface area contributed by atoms with Crippen molar-refractivity contribution in [3.05, 3.63) is 23.8 Å². The number of hydrogen-bond donors (Lipinski definition) is 3. The molecule has 5 heteroatoms. The molecule has 0 bridgehead atoms. The largest absolute Gasteiger partial charge is 0.478 e. The van der Waals surface area contributed by atoms with Crippen LogP contribution in [0.4, 0.5) is 11.4 Å². The van der Waals surface area contributed by atoms with Gasteiger partial charge in [-0.3, -0.25) is 4.79 Å². The number of rotatable bonds is 4. The van der Waals surface area contributed by atoms with Crippen molar-refractivity contribution in [1.29, 1.82) is 0 Å². The molecule has 0 saturated heterocycles. The van der Waals surface area contributed by atoms with Gasteiger partial charge in [-0.15, -0.1) is 0 Å². The van der Waals surface area contributed by atoms with Gasteiger partial charge in [0, 0.05) is 12.1 Å². The summed E-state index contributed by atoms with van der Waals surface area (Å²) >= 11 is 0. The lowest BCUT2D eigenvalue weighted by Gasteiger charge is -2.08. The summed E-state index contributed by atoms with van der Waals surface area (Å²) < 4.78 is 0. The van der Waals surface area contributed by atoms with E-state index in [4.69, 9.17) is 10.8 Å². The molecule has 1 amide bonds. The van der Waals surface area contributed by atoms with E-state index in [0.29, 0.717) is 18.5 Å². The summed E-state index contributed by atoms with van der Waals surface area (Å²) in [4.78, 5) is 22.2. The number of amides is 1. The van der Waals surface area contributed by atoms with Gasteiger partial charge in [0.15, 0.2) is 0 Å². The van der Waals surface area contributed by atoms with Crippen molar-refractivity contribution in [2.24, 2.45) is 0 Å². The molecule has 4 N–H and O–H groups in total. The van der Waals surface area contributed by atoms with Crippen molar-refractivity contribution in [2.75, 3.05) is 11.1 Å². The lowest BCUT2D eigenvalue weighted by molar-refractivity contribution is -0.116. The minimum Gasteiger partial charge on any atom is -0.478 e. The monoisotopic (exact) mass is 222 g/mol. The van der Waals surface area contributed by atoms with E-state index >= 15 is 0 Å². The number of carboxylic acid groups (broad SMARTS) is 1. The molecule has 1 aromatic rings. The van der Waals surface area contributed by atoms with E-state index in [1.165, 1.54) is 12.1 Å². The van der Waals surface area contributed by atoms with Crippen LogP contribution in [0.3, 0.4) is 0 Å². The number of carboxylic acids is 1. The molecule has 0 atom stereocenters. The molecule has 0 heterocycles. The maximum absolute atomic E-state index is 11.3. The number of nitrogen functional groups attached to an aromatic ring is 1. The van der Waals surface area contributed by atoms with E-state index in [1.54, 1.807) is 6.07 Å². The summed E-state index contributed by atoms with van der Waals surface area (Å²) in [5, 5.41) is 11.5. The highest BCUT2D eigenvalue weighted by Crippen LogP contribution is 2.19. The van der Waals surface area contributed by atoms with Crippen LogP contribution in [0.1, 0.15) is 30.1 Å². The molecule has 0 saturated carbocycles. The van der Waals surface area contributed by atoms with Crippen LogP contribution in [0.15, 0.2) is 18.2 Å². The molecule has 0 aromatic heterocycles. The lowest BCUT2D eigenvalue weighted by Crippen LogP contribution is -2.14. The average molecular weight is 222 g/mol. The van der Waals surface area contributed by atoms with E-state index in [2.05, 4.69) is 5.32 Å². The predicted octanol–water partition coefficient (Wildman–Crippen LogP) is 1.71. The highest BCUT2D eigenvalue weighted by Gasteiger charge is 2.12. The Hall–Kier alpha value is -2.04. The number of nitrogens with one attached hydrogen (secondary N) is 1. The minimum atomic E-state index is -1.11. The van der Waals surface area contributed by atoms with Gasteiger partial charge in [-0.05, 0) is 24.6 Å². The minimum absolute atomic E-state index is 0.00412. The molecule has 0 aliphatic heterocycles. The number of nitrogens with two attached hydrogens (primary N) is 1. The first-order valence-corrected chi connectivity index (χ1v) is 4.97. The second-order valence-corrected chi connectivity index (χ2v) is 3.41. The van der Waals surface area contributed by atoms with Gasteiger partial charge in [0.25, 0.3) is 0 Å². The third-order valence-electron chi connectivity index (χ3n) is 2.03. The highest BCUT2D eigenvalue weighted by atomic mass is 16.4. The number of anilines is 2. The number of hydrogen-bond acceptors (Lipinski definition) is 3. The van der Waals surface area contributed by atoms with Crippen LogP contribution in [0.25, 0.3) is 0 Å². The molecule has 16 heavy (non-hydrogen) atoms. The molecular formula is C11H14N2O3. The van der Waals surface area contributed by atoms with E-state index < -0.39 is 5.97 Å². The molecule has 0 unspecified atom stereocenters. The second kappa shape index (κ2) is 5.16. The zero-order valence-corrected chi connectivity index (χ0v) is 8.99. The van der Waals surface area contributed by atoms with E-state index in [0.717, 1.165) is 0 Å². The van der Waals surface area contributed by atoms with E-state index in [-0.39, 0.29) is 17.2 Å². The lowest BCUT2D eigenvalue weighted by atomic mass is 10.1. The third-order valence-corrected chi connectivity index (χ3v) is 2.03. The van der Waals surface area contributed by atoms with Crippen molar-refractivity contribution in [2.45, 2.75) is 19.8 Å².